The molecule has 3 fully saturated rings. The van der Waals surface area contributed by atoms with Gasteiger partial charge >= 0.3 is 0 Å². The highest BCUT2D eigenvalue weighted by Gasteiger charge is 2.65. The zero-order valence-corrected chi connectivity index (χ0v) is 13.9. The summed E-state index contributed by atoms with van der Waals surface area (Å²) in [5.74, 6) is 1.85. The maximum absolute atomic E-state index is 11.5. The molecule has 0 spiro atoms. The van der Waals surface area contributed by atoms with Gasteiger partial charge in [0.2, 0.25) is 0 Å². The molecule has 22 heavy (non-hydrogen) atoms. The van der Waals surface area contributed by atoms with Crippen molar-refractivity contribution < 1.29 is 15.3 Å². The molecule has 4 aliphatic rings. The summed E-state index contributed by atoms with van der Waals surface area (Å²) < 4.78 is 0. The van der Waals surface area contributed by atoms with Gasteiger partial charge < -0.3 is 15.3 Å². The van der Waals surface area contributed by atoms with Crippen molar-refractivity contribution in [2.24, 2.45) is 28.6 Å². The van der Waals surface area contributed by atoms with Crippen molar-refractivity contribution in [3.05, 3.63) is 11.8 Å². The lowest BCUT2D eigenvalue weighted by atomic mass is 9.44. The van der Waals surface area contributed by atoms with Crippen LogP contribution in [0.2, 0.25) is 0 Å². The van der Waals surface area contributed by atoms with Gasteiger partial charge in [-0.1, -0.05) is 6.92 Å². The third kappa shape index (κ3) is 1.65. The van der Waals surface area contributed by atoms with Crippen molar-refractivity contribution in [1.82, 2.24) is 0 Å². The van der Waals surface area contributed by atoms with Gasteiger partial charge in [0.25, 0.3) is 0 Å². The fourth-order valence-electron chi connectivity index (χ4n) is 6.75. The molecular weight excluding hydrogens is 276 g/mol. The van der Waals surface area contributed by atoms with Crippen LogP contribution in [0.25, 0.3) is 0 Å². The first-order valence-electron chi connectivity index (χ1n) is 9.11. The van der Waals surface area contributed by atoms with Gasteiger partial charge in [0.05, 0.1) is 22.9 Å². The molecule has 3 heteroatoms. The zero-order valence-electron chi connectivity index (χ0n) is 13.9. The largest absolute Gasteiger partial charge is 0.512 e. The molecule has 3 nitrogen and oxygen atoms in total. The topological polar surface area (TPSA) is 60.7 Å². The van der Waals surface area contributed by atoms with Crippen LogP contribution in [0.1, 0.15) is 65.2 Å². The molecule has 3 N–H and O–H groups in total. The maximum Gasteiger partial charge on any atom is 0.0971 e. The second-order valence-electron chi connectivity index (χ2n) is 9.01. The molecule has 0 amide bonds. The Bertz CT molecular complexity index is 515. The van der Waals surface area contributed by atoms with E-state index in [0.29, 0.717) is 29.9 Å². The Hall–Kier alpha value is -0.540. The molecule has 4 rings (SSSR count). The molecule has 3 saturated carbocycles. The molecule has 0 aromatic heterocycles. The van der Waals surface area contributed by atoms with E-state index in [2.05, 4.69) is 13.8 Å². The first kappa shape index (κ1) is 15.0. The van der Waals surface area contributed by atoms with Gasteiger partial charge in [0.15, 0.2) is 0 Å². The van der Waals surface area contributed by atoms with Gasteiger partial charge in [-0.3, -0.25) is 0 Å². The van der Waals surface area contributed by atoms with Crippen LogP contribution < -0.4 is 0 Å². The summed E-state index contributed by atoms with van der Waals surface area (Å²) in [6.45, 7) is 4.47. The van der Waals surface area contributed by atoms with Crippen LogP contribution in [0.4, 0.5) is 0 Å². The Morgan fingerprint density at radius 1 is 1.05 bits per heavy atom. The van der Waals surface area contributed by atoms with E-state index >= 15 is 0 Å². The number of hydrogen-bond acceptors (Lipinski definition) is 3. The summed E-state index contributed by atoms with van der Waals surface area (Å²) in [6.07, 6.45) is 9.45. The number of hydrogen-bond donors (Lipinski definition) is 3. The van der Waals surface area contributed by atoms with Gasteiger partial charge in [-0.2, -0.15) is 0 Å². The second kappa shape index (κ2) is 4.51. The Labute approximate surface area is 133 Å². The van der Waals surface area contributed by atoms with Crippen molar-refractivity contribution in [2.45, 2.75) is 76.9 Å². The zero-order chi connectivity index (χ0) is 15.8. The maximum atomic E-state index is 11.5. The third-order valence-corrected chi connectivity index (χ3v) is 8.36. The highest BCUT2D eigenvalue weighted by molar-refractivity contribution is 5.27. The summed E-state index contributed by atoms with van der Waals surface area (Å²) in [6, 6.07) is 0. The van der Waals surface area contributed by atoms with Gasteiger partial charge in [-0.25, -0.2) is 0 Å². The number of fused-ring (bicyclic) bond motifs is 5. The second-order valence-corrected chi connectivity index (χ2v) is 9.01. The minimum Gasteiger partial charge on any atom is -0.512 e. The Kier molecular flexibility index (Phi) is 3.08. The molecule has 4 aliphatic carbocycles. The molecule has 0 heterocycles. The average Bonchev–Trinajstić information content (AvgIpc) is 2.72. The lowest BCUT2D eigenvalue weighted by Crippen LogP contribution is -2.62. The summed E-state index contributed by atoms with van der Waals surface area (Å²) >= 11 is 0. The molecule has 0 aromatic carbocycles. The monoisotopic (exact) mass is 306 g/mol. The summed E-state index contributed by atoms with van der Waals surface area (Å²) in [5.41, 5.74) is -0.937. The Balaban J connectivity index is 1.69. The van der Waals surface area contributed by atoms with Crippen LogP contribution in [0, 0.1) is 28.6 Å². The molecule has 7 atom stereocenters. The Morgan fingerprint density at radius 2 is 1.82 bits per heavy atom. The summed E-state index contributed by atoms with van der Waals surface area (Å²) in [7, 11) is 0. The fourth-order valence-corrected chi connectivity index (χ4v) is 6.75. The number of aliphatic hydroxyl groups is 3. The van der Waals surface area contributed by atoms with E-state index in [1.54, 1.807) is 0 Å². The first-order chi connectivity index (χ1) is 10.3. The van der Waals surface area contributed by atoms with Crippen molar-refractivity contribution in [1.29, 1.82) is 0 Å². The highest BCUT2D eigenvalue weighted by Crippen LogP contribution is 2.67. The van der Waals surface area contributed by atoms with Crippen molar-refractivity contribution in [3.8, 4) is 0 Å². The van der Waals surface area contributed by atoms with Crippen molar-refractivity contribution >= 4 is 0 Å². The summed E-state index contributed by atoms with van der Waals surface area (Å²) in [5, 5.41) is 31.9. The van der Waals surface area contributed by atoms with E-state index < -0.39 is 11.0 Å². The van der Waals surface area contributed by atoms with Crippen LogP contribution in [-0.2, 0) is 0 Å². The molecule has 2 unspecified atom stereocenters. The number of rotatable bonds is 0. The van der Waals surface area contributed by atoms with Crippen LogP contribution in [0.15, 0.2) is 11.8 Å². The van der Waals surface area contributed by atoms with Crippen LogP contribution in [-0.4, -0.2) is 27.0 Å². The molecule has 0 radical (unpaired) electrons. The normalized spacial score (nSPS) is 57.5. The standard InChI is InChI=1S/C19H30O3/c1-17-8-5-13(20)11-12(17)3-4-15-14(17)6-9-18(2)16(21)7-10-19(15,18)22/h7,12-15,20-22H,3-6,8-11H2,1-2H3/t12?,13?,14-,15+,17-,18+,19-/m0/s1. The molecule has 0 saturated heterocycles. The lowest BCUT2D eigenvalue weighted by molar-refractivity contribution is -0.202. The smallest absolute Gasteiger partial charge is 0.0971 e. The fraction of sp³-hybridized carbons (Fsp3) is 0.895. The molecular formula is C19H30O3. The van der Waals surface area contributed by atoms with E-state index in [1.165, 1.54) is 0 Å². The molecule has 124 valence electrons. The van der Waals surface area contributed by atoms with E-state index in [9.17, 15) is 15.3 Å². The van der Waals surface area contributed by atoms with Gasteiger partial charge in [0, 0.05) is 0 Å². The van der Waals surface area contributed by atoms with Gasteiger partial charge in [-0.15, -0.1) is 0 Å². The average molecular weight is 306 g/mol. The molecule has 0 bridgehead atoms. The van der Waals surface area contributed by atoms with Crippen molar-refractivity contribution in [2.75, 3.05) is 0 Å². The number of aliphatic hydroxyl groups excluding tert-OH is 2. The minimum atomic E-state index is -0.760. The van der Waals surface area contributed by atoms with Crippen LogP contribution >= 0.6 is 0 Å². The SMILES string of the molecule is C[C@]12CCC(O)CC1CC[C@@H]1[C@@H]2CC[C@]2(C)C(O)=CC[C@]12O. The van der Waals surface area contributed by atoms with E-state index in [1.807, 2.05) is 6.08 Å². The molecule has 0 aliphatic heterocycles. The van der Waals surface area contributed by atoms with Crippen molar-refractivity contribution in [3.63, 3.8) is 0 Å². The quantitative estimate of drug-likeness (QED) is 0.641. The lowest BCUT2D eigenvalue weighted by Gasteiger charge is -2.62. The van der Waals surface area contributed by atoms with Gasteiger partial charge in [-0.05, 0) is 87.5 Å². The molecule has 0 aromatic rings. The van der Waals surface area contributed by atoms with Crippen LogP contribution in [0.3, 0.4) is 0 Å². The predicted molar refractivity (Wildman–Crippen MR) is 85.3 cm³/mol. The van der Waals surface area contributed by atoms with E-state index in [0.717, 1.165) is 44.9 Å². The minimum absolute atomic E-state index is 0.122. The van der Waals surface area contributed by atoms with Crippen LogP contribution in [0.5, 0.6) is 0 Å². The van der Waals surface area contributed by atoms with E-state index in [4.69, 9.17) is 0 Å². The third-order valence-electron chi connectivity index (χ3n) is 8.36. The first-order valence-corrected chi connectivity index (χ1v) is 9.11. The van der Waals surface area contributed by atoms with E-state index in [-0.39, 0.29) is 11.5 Å². The predicted octanol–water partition coefficient (Wildman–Crippen LogP) is 3.56. The summed E-state index contributed by atoms with van der Waals surface area (Å²) in [4.78, 5) is 0. The highest BCUT2D eigenvalue weighted by atomic mass is 16.3. The Morgan fingerprint density at radius 3 is 2.59 bits per heavy atom. The van der Waals surface area contributed by atoms with Gasteiger partial charge in [0.1, 0.15) is 0 Å².